The molecule has 0 radical (unpaired) electrons. The Hall–Kier alpha value is -0.970. The number of aryl methyl sites for hydroxylation is 1. The molecule has 100 valence electrons. The fraction of sp³-hybridized carbons (Fsp3) is 0.154. The highest BCUT2D eigenvalue weighted by molar-refractivity contribution is 9.10. The molecule has 0 saturated carbocycles. The minimum Gasteiger partial charge on any atom is -0.478 e. The van der Waals surface area contributed by atoms with Gasteiger partial charge in [-0.25, -0.2) is 4.79 Å². The van der Waals surface area contributed by atoms with Crippen LogP contribution in [0.3, 0.4) is 0 Å². The molecular formula is C13H10BrCl2NO2. The molecular weight excluding hydrogens is 353 g/mol. The average Bonchev–Trinajstić information content (AvgIpc) is 2.63. The zero-order valence-corrected chi connectivity index (χ0v) is 13.3. The molecule has 0 amide bonds. The van der Waals surface area contributed by atoms with Gasteiger partial charge in [0.2, 0.25) is 0 Å². The molecule has 0 fully saturated rings. The highest BCUT2D eigenvalue weighted by Crippen LogP contribution is 2.36. The third kappa shape index (κ3) is 2.40. The van der Waals surface area contributed by atoms with Crippen LogP contribution in [0.2, 0.25) is 10.0 Å². The van der Waals surface area contributed by atoms with Gasteiger partial charge in [-0.15, -0.1) is 0 Å². The van der Waals surface area contributed by atoms with Crippen LogP contribution in [0.1, 0.15) is 21.7 Å². The Morgan fingerprint density at radius 1 is 1.26 bits per heavy atom. The van der Waals surface area contributed by atoms with Crippen molar-refractivity contribution in [2.24, 2.45) is 0 Å². The monoisotopic (exact) mass is 361 g/mol. The Kier molecular flexibility index (Phi) is 3.95. The number of carboxylic acid groups (broad SMARTS) is 1. The smallest absolute Gasteiger partial charge is 0.337 e. The lowest BCUT2D eigenvalue weighted by Crippen LogP contribution is -2.03. The van der Waals surface area contributed by atoms with Crippen molar-refractivity contribution in [1.82, 2.24) is 4.57 Å². The third-order valence-corrected chi connectivity index (χ3v) is 4.68. The molecule has 0 saturated heterocycles. The molecule has 1 aromatic heterocycles. The molecule has 0 aliphatic carbocycles. The lowest BCUT2D eigenvalue weighted by atomic mass is 10.2. The van der Waals surface area contributed by atoms with Crippen LogP contribution in [-0.4, -0.2) is 15.6 Å². The van der Waals surface area contributed by atoms with Crippen molar-refractivity contribution >= 4 is 45.1 Å². The molecule has 1 aromatic carbocycles. The van der Waals surface area contributed by atoms with E-state index < -0.39 is 5.97 Å². The standard InChI is InChI=1S/C13H10BrCl2NO2/c1-6-5-8(13(18)19)7(2)17(6)10-4-3-9(14)11(15)12(10)16/h3-5H,1-2H3,(H,18,19). The SMILES string of the molecule is Cc1cc(C(=O)O)c(C)n1-c1ccc(Br)c(Cl)c1Cl. The number of nitrogens with zero attached hydrogens (tertiary/aromatic N) is 1. The first kappa shape index (κ1) is 14.4. The predicted molar refractivity (Wildman–Crippen MR) is 79.9 cm³/mol. The summed E-state index contributed by atoms with van der Waals surface area (Å²) in [4.78, 5) is 11.1. The number of carbonyl (C=O) groups is 1. The number of aromatic carboxylic acids is 1. The Labute approximate surface area is 128 Å². The van der Waals surface area contributed by atoms with Gasteiger partial charge in [0.25, 0.3) is 0 Å². The van der Waals surface area contributed by atoms with Crippen molar-refractivity contribution < 1.29 is 9.90 Å². The van der Waals surface area contributed by atoms with E-state index in [-0.39, 0.29) is 5.56 Å². The molecule has 1 heterocycles. The van der Waals surface area contributed by atoms with Gasteiger partial charge in [-0.05, 0) is 48.0 Å². The van der Waals surface area contributed by atoms with Gasteiger partial charge in [-0.2, -0.15) is 0 Å². The number of rotatable bonds is 2. The minimum absolute atomic E-state index is 0.257. The van der Waals surface area contributed by atoms with Gasteiger partial charge in [-0.3, -0.25) is 0 Å². The van der Waals surface area contributed by atoms with Crippen LogP contribution in [0.4, 0.5) is 0 Å². The summed E-state index contributed by atoms with van der Waals surface area (Å²) >= 11 is 15.6. The molecule has 0 spiro atoms. The summed E-state index contributed by atoms with van der Waals surface area (Å²) in [6.07, 6.45) is 0. The number of aromatic nitrogens is 1. The van der Waals surface area contributed by atoms with Crippen molar-refractivity contribution in [1.29, 1.82) is 0 Å². The quantitative estimate of drug-likeness (QED) is 0.775. The van der Waals surface area contributed by atoms with Crippen molar-refractivity contribution in [3.63, 3.8) is 0 Å². The summed E-state index contributed by atoms with van der Waals surface area (Å²) in [5.74, 6) is -0.960. The molecule has 0 aliphatic rings. The number of halogens is 3. The van der Waals surface area contributed by atoms with E-state index >= 15 is 0 Å². The van der Waals surface area contributed by atoms with Crippen molar-refractivity contribution in [3.05, 3.63) is 49.7 Å². The molecule has 0 atom stereocenters. The van der Waals surface area contributed by atoms with E-state index in [1.807, 2.05) is 6.92 Å². The number of benzene rings is 1. The fourth-order valence-electron chi connectivity index (χ4n) is 2.04. The number of hydrogen-bond donors (Lipinski definition) is 1. The molecule has 3 nitrogen and oxygen atoms in total. The van der Waals surface area contributed by atoms with Gasteiger partial charge < -0.3 is 9.67 Å². The predicted octanol–water partition coefficient (Wildman–Crippen LogP) is 4.86. The maximum absolute atomic E-state index is 11.1. The Morgan fingerprint density at radius 3 is 2.42 bits per heavy atom. The van der Waals surface area contributed by atoms with Gasteiger partial charge >= 0.3 is 5.97 Å². The highest BCUT2D eigenvalue weighted by atomic mass is 79.9. The van der Waals surface area contributed by atoms with Crippen LogP contribution in [0.15, 0.2) is 22.7 Å². The molecule has 2 rings (SSSR count). The normalized spacial score (nSPS) is 10.8. The Balaban J connectivity index is 2.73. The minimum atomic E-state index is -0.960. The maximum atomic E-state index is 11.1. The van der Waals surface area contributed by atoms with Crippen molar-refractivity contribution in [2.45, 2.75) is 13.8 Å². The lowest BCUT2D eigenvalue weighted by molar-refractivity contribution is 0.0696. The second-order valence-corrected chi connectivity index (χ2v) is 5.73. The number of hydrogen-bond acceptors (Lipinski definition) is 1. The molecule has 0 aliphatic heterocycles. The van der Waals surface area contributed by atoms with E-state index in [1.54, 1.807) is 29.7 Å². The largest absolute Gasteiger partial charge is 0.478 e. The second kappa shape index (κ2) is 5.19. The van der Waals surface area contributed by atoms with Gasteiger partial charge in [0.1, 0.15) is 0 Å². The topological polar surface area (TPSA) is 42.2 Å². The van der Waals surface area contributed by atoms with Crippen molar-refractivity contribution in [2.75, 3.05) is 0 Å². The molecule has 19 heavy (non-hydrogen) atoms. The van der Waals surface area contributed by atoms with E-state index in [0.29, 0.717) is 25.9 Å². The van der Waals surface area contributed by atoms with Crippen LogP contribution in [0.25, 0.3) is 5.69 Å². The second-order valence-electron chi connectivity index (χ2n) is 4.12. The van der Waals surface area contributed by atoms with Crippen molar-refractivity contribution in [3.8, 4) is 5.69 Å². The van der Waals surface area contributed by atoms with Crippen LogP contribution >= 0.6 is 39.1 Å². The van der Waals surface area contributed by atoms with Gasteiger partial charge in [-0.1, -0.05) is 23.2 Å². The molecule has 1 N–H and O–H groups in total. The highest BCUT2D eigenvalue weighted by Gasteiger charge is 2.18. The van der Waals surface area contributed by atoms with Crippen LogP contribution in [0.5, 0.6) is 0 Å². The summed E-state index contributed by atoms with van der Waals surface area (Å²) in [5, 5.41) is 9.93. The molecule has 0 unspecified atom stereocenters. The third-order valence-electron chi connectivity index (χ3n) is 2.92. The van der Waals surface area contributed by atoms with E-state index in [1.165, 1.54) is 0 Å². The first-order valence-corrected chi connectivity index (χ1v) is 6.95. The fourth-order valence-corrected chi connectivity index (χ4v) is 2.89. The van der Waals surface area contributed by atoms with Crippen LogP contribution in [0, 0.1) is 13.8 Å². The summed E-state index contributed by atoms with van der Waals surface area (Å²) in [5.41, 5.74) is 2.32. The molecule has 2 aromatic rings. The summed E-state index contributed by atoms with van der Waals surface area (Å²) < 4.78 is 2.48. The van der Waals surface area contributed by atoms with Gasteiger partial charge in [0.15, 0.2) is 0 Å². The van der Waals surface area contributed by atoms with E-state index in [4.69, 9.17) is 28.3 Å². The van der Waals surface area contributed by atoms with Gasteiger partial charge in [0.05, 0.1) is 21.3 Å². The zero-order valence-electron chi connectivity index (χ0n) is 10.2. The van der Waals surface area contributed by atoms with E-state index in [0.717, 1.165) is 5.69 Å². The number of carboxylic acids is 1. The molecule has 6 heteroatoms. The Morgan fingerprint density at radius 2 is 1.89 bits per heavy atom. The maximum Gasteiger partial charge on any atom is 0.337 e. The summed E-state index contributed by atoms with van der Waals surface area (Å²) in [6.45, 7) is 3.56. The zero-order chi connectivity index (χ0) is 14.3. The van der Waals surface area contributed by atoms with E-state index in [2.05, 4.69) is 15.9 Å². The van der Waals surface area contributed by atoms with Crippen LogP contribution < -0.4 is 0 Å². The van der Waals surface area contributed by atoms with Crippen LogP contribution in [-0.2, 0) is 0 Å². The van der Waals surface area contributed by atoms with E-state index in [9.17, 15) is 4.79 Å². The lowest BCUT2D eigenvalue weighted by Gasteiger charge is -2.13. The summed E-state index contributed by atoms with van der Waals surface area (Å²) in [6, 6.07) is 5.19. The Bertz CT molecular complexity index is 680. The average molecular weight is 363 g/mol. The first-order chi connectivity index (χ1) is 8.84. The van der Waals surface area contributed by atoms with Gasteiger partial charge in [0, 0.05) is 15.9 Å². The summed E-state index contributed by atoms with van der Waals surface area (Å²) in [7, 11) is 0. The molecule has 0 bridgehead atoms. The first-order valence-electron chi connectivity index (χ1n) is 5.40.